The number of guanidine groups is 1. The van der Waals surface area contributed by atoms with Gasteiger partial charge in [-0.15, -0.1) is 0 Å². The summed E-state index contributed by atoms with van der Waals surface area (Å²) in [6.45, 7) is 7.18. The number of hydrogen-bond acceptors (Lipinski definition) is 4. The molecule has 0 aromatic heterocycles. The average Bonchev–Trinajstić information content (AvgIpc) is 2.99. The summed E-state index contributed by atoms with van der Waals surface area (Å²) in [5, 5.41) is 7.04. The van der Waals surface area contributed by atoms with Crippen LogP contribution in [0.4, 0.5) is 0 Å². The lowest BCUT2D eigenvalue weighted by atomic mass is 9.92. The maximum Gasteiger partial charge on any atom is 0.191 e. The largest absolute Gasteiger partial charge is 0.354 e. The molecule has 2 aliphatic heterocycles. The van der Waals surface area contributed by atoms with Crippen LogP contribution in [0.1, 0.15) is 65.2 Å². The molecular formula is C20H38N4O2S. The van der Waals surface area contributed by atoms with E-state index in [2.05, 4.69) is 29.4 Å². The Kier molecular flexibility index (Phi) is 7.42. The third-order valence-corrected chi connectivity index (χ3v) is 8.06. The Morgan fingerprint density at radius 3 is 2.37 bits per heavy atom. The molecule has 0 aromatic rings. The van der Waals surface area contributed by atoms with Gasteiger partial charge in [-0.2, -0.15) is 0 Å². The minimum Gasteiger partial charge on any atom is -0.354 e. The predicted molar refractivity (Wildman–Crippen MR) is 112 cm³/mol. The topological polar surface area (TPSA) is 73.8 Å². The molecule has 2 N–H and O–H groups in total. The van der Waals surface area contributed by atoms with Gasteiger partial charge in [0.05, 0.1) is 11.5 Å². The molecule has 0 radical (unpaired) electrons. The van der Waals surface area contributed by atoms with Crippen LogP contribution in [-0.4, -0.2) is 68.5 Å². The molecule has 3 rings (SSSR count). The zero-order valence-corrected chi connectivity index (χ0v) is 17.9. The Morgan fingerprint density at radius 2 is 1.78 bits per heavy atom. The number of sulfone groups is 1. The fourth-order valence-corrected chi connectivity index (χ4v) is 6.54. The van der Waals surface area contributed by atoms with Crippen molar-refractivity contribution >= 4 is 15.8 Å². The van der Waals surface area contributed by atoms with E-state index in [0.717, 1.165) is 31.3 Å². The van der Waals surface area contributed by atoms with Crippen molar-refractivity contribution in [3.63, 3.8) is 0 Å². The first kappa shape index (κ1) is 20.9. The fraction of sp³-hybridized carbons (Fsp3) is 0.950. The molecule has 0 spiro atoms. The third kappa shape index (κ3) is 6.63. The van der Waals surface area contributed by atoms with Gasteiger partial charge < -0.3 is 15.5 Å². The smallest absolute Gasteiger partial charge is 0.191 e. The summed E-state index contributed by atoms with van der Waals surface area (Å²) in [5.74, 6) is 1.65. The van der Waals surface area contributed by atoms with Crippen LogP contribution >= 0.6 is 0 Å². The molecular weight excluding hydrogens is 360 g/mol. The second-order valence-corrected chi connectivity index (χ2v) is 11.2. The van der Waals surface area contributed by atoms with Crippen LogP contribution in [0.3, 0.4) is 0 Å². The van der Waals surface area contributed by atoms with Gasteiger partial charge in [0.1, 0.15) is 0 Å². The fourth-order valence-electron chi connectivity index (χ4n) is 4.69. The van der Waals surface area contributed by atoms with Crippen LogP contribution in [-0.2, 0) is 9.84 Å². The summed E-state index contributed by atoms with van der Waals surface area (Å²) in [6, 6.07) is 1.58. The molecule has 6 nitrogen and oxygen atoms in total. The van der Waals surface area contributed by atoms with Crippen molar-refractivity contribution in [2.75, 3.05) is 31.1 Å². The summed E-state index contributed by atoms with van der Waals surface area (Å²) in [4.78, 5) is 7.43. The van der Waals surface area contributed by atoms with E-state index < -0.39 is 9.84 Å². The molecule has 2 saturated heterocycles. The molecule has 3 fully saturated rings. The lowest BCUT2D eigenvalue weighted by Gasteiger charge is -2.39. The van der Waals surface area contributed by atoms with Gasteiger partial charge in [0.25, 0.3) is 0 Å². The standard InChI is InChI=1S/C20H38N4O2S/c1-16(2)22-20(21-14-17-10-13-27(25,26)15-17)23-18-8-11-24(12-9-18)19-6-4-3-5-7-19/h16-19H,3-15H2,1-2H3,(H2,21,22,23). The van der Waals surface area contributed by atoms with Gasteiger partial charge in [-0.05, 0) is 51.9 Å². The van der Waals surface area contributed by atoms with E-state index in [1.165, 1.54) is 45.2 Å². The predicted octanol–water partition coefficient (Wildman–Crippen LogP) is 2.16. The number of likely N-dealkylation sites (tertiary alicyclic amines) is 1. The van der Waals surface area contributed by atoms with Crippen molar-refractivity contribution in [2.45, 2.75) is 83.3 Å². The van der Waals surface area contributed by atoms with E-state index in [0.29, 0.717) is 30.1 Å². The second-order valence-electron chi connectivity index (χ2n) is 9.00. The van der Waals surface area contributed by atoms with Gasteiger partial charge in [0.15, 0.2) is 15.8 Å². The van der Waals surface area contributed by atoms with E-state index in [4.69, 9.17) is 4.99 Å². The molecule has 0 amide bonds. The molecule has 2 heterocycles. The number of nitrogens with one attached hydrogen (secondary N) is 2. The Bertz CT molecular complexity index is 591. The molecule has 3 aliphatic rings. The molecule has 7 heteroatoms. The maximum absolute atomic E-state index is 11.7. The van der Waals surface area contributed by atoms with E-state index >= 15 is 0 Å². The zero-order valence-electron chi connectivity index (χ0n) is 17.1. The quantitative estimate of drug-likeness (QED) is 0.548. The van der Waals surface area contributed by atoms with E-state index in [-0.39, 0.29) is 5.92 Å². The van der Waals surface area contributed by atoms with Crippen LogP contribution in [0.15, 0.2) is 4.99 Å². The highest BCUT2D eigenvalue weighted by Crippen LogP contribution is 2.25. The highest BCUT2D eigenvalue weighted by Gasteiger charge is 2.29. The molecule has 156 valence electrons. The van der Waals surface area contributed by atoms with Gasteiger partial charge in [-0.25, -0.2) is 8.42 Å². The van der Waals surface area contributed by atoms with Crippen molar-refractivity contribution in [3.8, 4) is 0 Å². The van der Waals surface area contributed by atoms with Crippen LogP contribution in [0.2, 0.25) is 0 Å². The SMILES string of the molecule is CC(C)NC(=NCC1CCS(=O)(=O)C1)NC1CCN(C2CCCCC2)CC1. The molecule has 0 bridgehead atoms. The van der Waals surface area contributed by atoms with Crippen molar-refractivity contribution in [1.82, 2.24) is 15.5 Å². The van der Waals surface area contributed by atoms with Crippen LogP contribution in [0, 0.1) is 5.92 Å². The Balaban J connectivity index is 1.48. The van der Waals surface area contributed by atoms with E-state index in [1.807, 2.05) is 0 Å². The van der Waals surface area contributed by atoms with Crippen molar-refractivity contribution in [3.05, 3.63) is 0 Å². The van der Waals surface area contributed by atoms with Gasteiger partial charge in [0.2, 0.25) is 0 Å². The molecule has 1 unspecified atom stereocenters. The monoisotopic (exact) mass is 398 g/mol. The highest BCUT2D eigenvalue weighted by molar-refractivity contribution is 7.91. The van der Waals surface area contributed by atoms with Gasteiger partial charge in [-0.1, -0.05) is 19.3 Å². The molecule has 1 atom stereocenters. The number of piperidine rings is 1. The number of aliphatic imine (C=N–C) groups is 1. The van der Waals surface area contributed by atoms with Crippen LogP contribution < -0.4 is 10.6 Å². The molecule has 27 heavy (non-hydrogen) atoms. The van der Waals surface area contributed by atoms with Gasteiger partial charge in [0, 0.05) is 37.8 Å². The van der Waals surface area contributed by atoms with Crippen LogP contribution in [0.25, 0.3) is 0 Å². The minimum absolute atomic E-state index is 0.175. The number of nitrogens with zero attached hydrogens (tertiary/aromatic N) is 2. The lowest BCUT2D eigenvalue weighted by Crippen LogP contribution is -2.52. The Labute approximate surface area is 165 Å². The van der Waals surface area contributed by atoms with Gasteiger partial charge >= 0.3 is 0 Å². The first-order valence-corrected chi connectivity index (χ1v) is 12.8. The lowest BCUT2D eigenvalue weighted by molar-refractivity contribution is 0.119. The number of hydrogen-bond donors (Lipinski definition) is 2. The first-order valence-electron chi connectivity index (χ1n) is 10.9. The summed E-state index contributed by atoms with van der Waals surface area (Å²) < 4.78 is 23.3. The summed E-state index contributed by atoms with van der Waals surface area (Å²) in [5.41, 5.74) is 0. The van der Waals surface area contributed by atoms with Crippen LogP contribution in [0.5, 0.6) is 0 Å². The van der Waals surface area contributed by atoms with Crippen molar-refractivity contribution < 1.29 is 8.42 Å². The van der Waals surface area contributed by atoms with E-state index in [1.54, 1.807) is 0 Å². The Morgan fingerprint density at radius 1 is 1.07 bits per heavy atom. The Hall–Kier alpha value is -0.820. The highest BCUT2D eigenvalue weighted by atomic mass is 32.2. The first-order chi connectivity index (χ1) is 12.9. The summed E-state index contributed by atoms with van der Waals surface area (Å²) in [6.07, 6.45) is 10.0. The summed E-state index contributed by atoms with van der Waals surface area (Å²) >= 11 is 0. The normalized spacial score (nSPS) is 28.6. The minimum atomic E-state index is -2.83. The summed E-state index contributed by atoms with van der Waals surface area (Å²) in [7, 11) is -2.83. The zero-order chi connectivity index (χ0) is 19.3. The average molecular weight is 399 g/mol. The third-order valence-electron chi connectivity index (χ3n) is 6.22. The van der Waals surface area contributed by atoms with Crippen molar-refractivity contribution in [1.29, 1.82) is 0 Å². The number of rotatable bonds is 5. The maximum atomic E-state index is 11.7. The van der Waals surface area contributed by atoms with Crippen molar-refractivity contribution in [2.24, 2.45) is 10.9 Å². The van der Waals surface area contributed by atoms with Gasteiger partial charge in [-0.3, -0.25) is 4.99 Å². The second kappa shape index (κ2) is 9.59. The molecule has 1 saturated carbocycles. The molecule has 1 aliphatic carbocycles. The van der Waals surface area contributed by atoms with E-state index in [9.17, 15) is 8.42 Å². The molecule has 0 aromatic carbocycles.